The minimum absolute atomic E-state index is 0.0242. The van der Waals surface area contributed by atoms with Crippen LogP contribution in [0.3, 0.4) is 0 Å². The number of hydrogen-bond acceptors (Lipinski definition) is 4. The zero-order chi connectivity index (χ0) is 20.4. The van der Waals surface area contributed by atoms with E-state index in [1.54, 1.807) is 4.90 Å². The van der Waals surface area contributed by atoms with Crippen LogP contribution in [0.25, 0.3) is 0 Å². The maximum Gasteiger partial charge on any atom is 0.409 e. The van der Waals surface area contributed by atoms with Crippen molar-refractivity contribution in [2.24, 2.45) is 4.99 Å². The van der Waals surface area contributed by atoms with Crippen molar-refractivity contribution < 1.29 is 14.3 Å². The van der Waals surface area contributed by atoms with Gasteiger partial charge >= 0.3 is 6.09 Å². The van der Waals surface area contributed by atoms with E-state index in [2.05, 4.69) is 22.5 Å². The summed E-state index contributed by atoms with van der Waals surface area (Å²) in [5, 5.41) is 6.77. The van der Waals surface area contributed by atoms with Crippen molar-refractivity contribution in [2.75, 3.05) is 32.8 Å². The van der Waals surface area contributed by atoms with Crippen LogP contribution >= 0.6 is 0 Å². The molecule has 2 rings (SSSR count). The van der Waals surface area contributed by atoms with Gasteiger partial charge in [-0.15, -0.1) is 0 Å². The van der Waals surface area contributed by atoms with Gasteiger partial charge in [-0.25, -0.2) is 9.79 Å². The molecule has 28 heavy (non-hydrogen) atoms. The summed E-state index contributed by atoms with van der Waals surface area (Å²) >= 11 is 0. The van der Waals surface area contributed by atoms with Crippen LogP contribution in [0.1, 0.15) is 39.2 Å². The van der Waals surface area contributed by atoms with E-state index < -0.39 is 0 Å². The van der Waals surface area contributed by atoms with Crippen LogP contribution < -0.4 is 15.4 Å². The molecule has 0 bridgehead atoms. The maximum atomic E-state index is 11.8. The molecule has 0 saturated carbocycles. The first-order valence-electron chi connectivity index (χ1n) is 10.2. The van der Waals surface area contributed by atoms with E-state index in [1.165, 1.54) is 5.56 Å². The quantitative estimate of drug-likeness (QED) is 0.553. The summed E-state index contributed by atoms with van der Waals surface area (Å²) in [6.45, 7) is 11.1. The van der Waals surface area contributed by atoms with Crippen molar-refractivity contribution in [3.05, 3.63) is 29.8 Å². The van der Waals surface area contributed by atoms with Crippen molar-refractivity contribution in [3.63, 3.8) is 0 Å². The van der Waals surface area contributed by atoms with Gasteiger partial charge in [0.25, 0.3) is 0 Å². The molecule has 1 saturated heterocycles. The normalized spacial score (nSPS) is 16.4. The first-order chi connectivity index (χ1) is 13.5. The Morgan fingerprint density at radius 2 is 1.93 bits per heavy atom. The van der Waals surface area contributed by atoms with E-state index in [1.807, 2.05) is 45.0 Å². The summed E-state index contributed by atoms with van der Waals surface area (Å²) in [6.07, 6.45) is 1.50. The number of aryl methyl sites for hydroxylation is 1. The van der Waals surface area contributed by atoms with E-state index in [4.69, 9.17) is 9.47 Å². The number of carbonyl (C=O) groups is 1. The Kier molecular flexibility index (Phi) is 8.91. The van der Waals surface area contributed by atoms with E-state index in [9.17, 15) is 4.79 Å². The molecule has 1 heterocycles. The van der Waals surface area contributed by atoms with E-state index in [0.717, 1.165) is 31.1 Å². The topological polar surface area (TPSA) is 75.2 Å². The third-order valence-corrected chi connectivity index (χ3v) is 4.57. The van der Waals surface area contributed by atoms with Crippen LogP contribution in [0.4, 0.5) is 4.79 Å². The number of likely N-dealkylation sites (tertiary alicyclic amines) is 1. The highest BCUT2D eigenvalue weighted by Gasteiger charge is 2.24. The number of hydrogen-bond donors (Lipinski definition) is 2. The molecule has 0 aromatic heterocycles. The fourth-order valence-electron chi connectivity index (χ4n) is 3.04. The molecule has 7 nitrogen and oxygen atoms in total. The number of carbonyl (C=O) groups excluding carboxylic acids is 1. The summed E-state index contributed by atoms with van der Waals surface area (Å²) in [5.41, 5.74) is 1.21. The second-order valence-corrected chi connectivity index (χ2v) is 7.07. The molecule has 0 spiro atoms. The van der Waals surface area contributed by atoms with Gasteiger partial charge in [-0.3, -0.25) is 0 Å². The zero-order valence-corrected chi connectivity index (χ0v) is 17.5. The minimum Gasteiger partial charge on any atom is -0.489 e. The lowest BCUT2D eigenvalue weighted by Crippen LogP contribution is -2.50. The summed E-state index contributed by atoms with van der Waals surface area (Å²) in [5.74, 6) is 1.65. The van der Waals surface area contributed by atoms with Gasteiger partial charge in [0.05, 0.1) is 13.2 Å². The van der Waals surface area contributed by atoms with E-state index in [0.29, 0.717) is 26.2 Å². The molecule has 0 aliphatic carbocycles. The number of nitrogens with one attached hydrogen (secondary N) is 2. The van der Waals surface area contributed by atoms with Gasteiger partial charge < -0.3 is 25.0 Å². The van der Waals surface area contributed by atoms with E-state index >= 15 is 0 Å². The number of aliphatic imine (C=N–C) groups is 1. The molecule has 2 N–H and O–H groups in total. The molecular weight excluding hydrogens is 356 g/mol. The number of benzene rings is 1. The Morgan fingerprint density at radius 3 is 2.54 bits per heavy atom. The van der Waals surface area contributed by atoms with Gasteiger partial charge in [0.15, 0.2) is 5.96 Å². The number of guanidine groups is 1. The number of amides is 1. The van der Waals surface area contributed by atoms with Crippen LogP contribution in [0.5, 0.6) is 5.75 Å². The van der Waals surface area contributed by atoms with Gasteiger partial charge in [-0.1, -0.05) is 17.7 Å². The second kappa shape index (κ2) is 11.4. The summed E-state index contributed by atoms with van der Waals surface area (Å²) in [7, 11) is 0. The van der Waals surface area contributed by atoms with Crippen LogP contribution in [-0.2, 0) is 4.74 Å². The van der Waals surface area contributed by atoms with Crippen molar-refractivity contribution in [3.8, 4) is 5.75 Å². The van der Waals surface area contributed by atoms with Crippen molar-refractivity contribution in [1.82, 2.24) is 15.5 Å². The highest BCUT2D eigenvalue weighted by molar-refractivity contribution is 5.80. The predicted molar refractivity (Wildman–Crippen MR) is 112 cm³/mol. The molecule has 1 fully saturated rings. The molecule has 1 aliphatic rings. The molecule has 1 aromatic carbocycles. The van der Waals surface area contributed by atoms with Gasteiger partial charge in [0.1, 0.15) is 11.9 Å². The smallest absolute Gasteiger partial charge is 0.409 e. The number of nitrogens with zero attached hydrogens (tertiary/aromatic N) is 2. The Balaban J connectivity index is 1.81. The average Bonchev–Trinajstić information content (AvgIpc) is 2.69. The molecular formula is C21H34N4O3. The minimum atomic E-state index is -0.219. The van der Waals surface area contributed by atoms with Gasteiger partial charge in [-0.2, -0.15) is 0 Å². The lowest BCUT2D eigenvalue weighted by atomic mass is 10.1. The fourth-order valence-corrected chi connectivity index (χ4v) is 3.04. The van der Waals surface area contributed by atoms with Crippen molar-refractivity contribution in [2.45, 2.75) is 52.7 Å². The van der Waals surface area contributed by atoms with Crippen LogP contribution in [-0.4, -0.2) is 61.9 Å². The molecule has 1 aromatic rings. The molecule has 1 aliphatic heterocycles. The van der Waals surface area contributed by atoms with Crippen LogP contribution in [0.2, 0.25) is 0 Å². The molecule has 1 unspecified atom stereocenters. The number of piperidine rings is 1. The summed E-state index contributed by atoms with van der Waals surface area (Å²) in [6, 6.07) is 8.34. The molecule has 1 atom stereocenters. The Bertz CT molecular complexity index is 625. The third kappa shape index (κ3) is 7.29. The predicted octanol–water partition coefficient (Wildman–Crippen LogP) is 2.94. The Labute approximate surface area is 168 Å². The largest absolute Gasteiger partial charge is 0.489 e. The Hall–Kier alpha value is -2.44. The van der Waals surface area contributed by atoms with Crippen molar-refractivity contribution >= 4 is 12.1 Å². The monoisotopic (exact) mass is 390 g/mol. The highest BCUT2D eigenvalue weighted by atomic mass is 16.6. The summed E-state index contributed by atoms with van der Waals surface area (Å²) < 4.78 is 11.0. The van der Waals surface area contributed by atoms with Gasteiger partial charge in [-0.05, 0) is 52.7 Å². The SMILES string of the molecule is CCNC(=NCC(C)Oc1ccc(C)cc1)NC1CCN(C(=O)OCC)CC1. The summed E-state index contributed by atoms with van der Waals surface area (Å²) in [4.78, 5) is 18.2. The maximum absolute atomic E-state index is 11.8. The first-order valence-corrected chi connectivity index (χ1v) is 10.2. The zero-order valence-electron chi connectivity index (χ0n) is 17.5. The lowest BCUT2D eigenvalue weighted by molar-refractivity contribution is 0.0963. The molecule has 1 amide bonds. The molecule has 156 valence electrons. The third-order valence-electron chi connectivity index (χ3n) is 4.57. The highest BCUT2D eigenvalue weighted by Crippen LogP contribution is 2.14. The first kappa shape index (κ1) is 21.9. The lowest BCUT2D eigenvalue weighted by Gasteiger charge is -2.32. The second-order valence-electron chi connectivity index (χ2n) is 7.07. The standard InChI is InChI=1S/C21H34N4O3/c1-5-22-20(23-15-17(4)28-19-9-7-16(3)8-10-19)24-18-11-13-25(14-12-18)21(26)27-6-2/h7-10,17-18H,5-6,11-15H2,1-4H3,(H2,22,23,24). The van der Waals surface area contributed by atoms with Gasteiger partial charge in [0, 0.05) is 25.7 Å². The Morgan fingerprint density at radius 1 is 1.25 bits per heavy atom. The molecule has 7 heteroatoms. The van der Waals surface area contributed by atoms with E-state index in [-0.39, 0.29) is 18.2 Å². The van der Waals surface area contributed by atoms with Gasteiger partial charge in [0.2, 0.25) is 0 Å². The average molecular weight is 391 g/mol. The molecule has 0 radical (unpaired) electrons. The number of ether oxygens (including phenoxy) is 2. The van der Waals surface area contributed by atoms with Crippen LogP contribution in [0, 0.1) is 6.92 Å². The number of rotatable bonds is 7. The fraction of sp³-hybridized carbons (Fsp3) is 0.619. The van der Waals surface area contributed by atoms with Crippen LogP contribution in [0.15, 0.2) is 29.3 Å². The van der Waals surface area contributed by atoms with Crippen molar-refractivity contribution in [1.29, 1.82) is 0 Å².